The predicted molar refractivity (Wildman–Crippen MR) is 102 cm³/mol. The summed E-state index contributed by atoms with van der Waals surface area (Å²) in [6.45, 7) is 10.9. The van der Waals surface area contributed by atoms with Gasteiger partial charge in [0.2, 0.25) is 0 Å². The van der Waals surface area contributed by atoms with E-state index in [0.717, 1.165) is 39.3 Å². The molecule has 24 heavy (non-hydrogen) atoms. The fraction of sp³-hybridized carbons (Fsp3) is 0.429. The predicted octanol–water partition coefficient (Wildman–Crippen LogP) is 3.51. The largest absolute Gasteiger partial charge is 0.369 e. The van der Waals surface area contributed by atoms with Gasteiger partial charge in [-0.3, -0.25) is 4.90 Å². The minimum Gasteiger partial charge on any atom is -0.369 e. The van der Waals surface area contributed by atoms with Crippen LogP contribution in [0.4, 0.5) is 5.69 Å². The van der Waals surface area contributed by atoms with E-state index >= 15 is 0 Å². The second kappa shape index (κ2) is 8.32. The molecule has 0 bridgehead atoms. The molecule has 3 rings (SSSR count). The van der Waals surface area contributed by atoms with Gasteiger partial charge in [0.25, 0.3) is 0 Å². The molecular formula is C21H29N3. The fourth-order valence-corrected chi connectivity index (χ4v) is 3.15. The van der Waals surface area contributed by atoms with Crippen LogP contribution in [0.25, 0.3) is 0 Å². The van der Waals surface area contributed by atoms with Gasteiger partial charge in [-0.25, -0.2) is 0 Å². The lowest BCUT2D eigenvalue weighted by Gasteiger charge is -2.36. The van der Waals surface area contributed by atoms with Gasteiger partial charge in [0.15, 0.2) is 0 Å². The number of rotatable bonds is 6. The number of hydrogen-bond donors (Lipinski definition) is 1. The summed E-state index contributed by atoms with van der Waals surface area (Å²) in [6, 6.07) is 20.3. The van der Waals surface area contributed by atoms with Crippen LogP contribution in [-0.2, 0) is 13.1 Å². The Kier molecular flexibility index (Phi) is 5.89. The molecule has 2 aromatic rings. The SMILES string of the molecule is CC(C)NCc1ccc(N2CCN(Cc3ccccc3)CC2)cc1. The maximum absolute atomic E-state index is 3.47. The zero-order valence-electron chi connectivity index (χ0n) is 14.9. The minimum absolute atomic E-state index is 0.530. The van der Waals surface area contributed by atoms with Crippen molar-refractivity contribution in [2.75, 3.05) is 31.1 Å². The molecule has 0 aliphatic carbocycles. The summed E-state index contributed by atoms with van der Waals surface area (Å²) in [4.78, 5) is 5.05. The molecule has 0 aromatic heterocycles. The zero-order chi connectivity index (χ0) is 16.8. The number of anilines is 1. The Morgan fingerprint density at radius 3 is 2.12 bits per heavy atom. The molecule has 3 heteroatoms. The summed E-state index contributed by atoms with van der Waals surface area (Å²) in [5.74, 6) is 0. The molecule has 2 aromatic carbocycles. The quantitative estimate of drug-likeness (QED) is 0.878. The molecule has 128 valence electrons. The first-order chi connectivity index (χ1) is 11.7. The standard InChI is InChI=1S/C21H29N3/c1-18(2)22-16-19-8-10-21(11-9-19)24-14-12-23(13-15-24)17-20-6-4-3-5-7-20/h3-11,18,22H,12-17H2,1-2H3. The van der Waals surface area contributed by atoms with Gasteiger partial charge in [0.05, 0.1) is 0 Å². The molecule has 1 fully saturated rings. The monoisotopic (exact) mass is 323 g/mol. The molecule has 0 spiro atoms. The molecule has 3 nitrogen and oxygen atoms in total. The van der Waals surface area contributed by atoms with Gasteiger partial charge in [-0.05, 0) is 23.3 Å². The van der Waals surface area contributed by atoms with Crippen LogP contribution in [0.1, 0.15) is 25.0 Å². The summed E-state index contributed by atoms with van der Waals surface area (Å²) in [6.07, 6.45) is 0. The van der Waals surface area contributed by atoms with Crippen LogP contribution in [0, 0.1) is 0 Å². The van der Waals surface area contributed by atoms with Gasteiger partial charge in [0, 0.05) is 51.0 Å². The average Bonchev–Trinajstić information content (AvgIpc) is 2.62. The van der Waals surface area contributed by atoms with Crippen molar-refractivity contribution in [2.45, 2.75) is 33.0 Å². The number of nitrogens with one attached hydrogen (secondary N) is 1. The lowest BCUT2D eigenvalue weighted by Crippen LogP contribution is -2.45. The summed E-state index contributed by atoms with van der Waals surface area (Å²) in [5.41, 5.74) is 4.12. The smallest absolute Gasteiger partial charge is 0.0367 e. The summed E-state index contributed by atoms with van der Waals surface area (Å²) >= 11 is 0. The number of benzene rings is 2. The van der Waals surface area contributed by atoms with Crippen LogP contribution in [0.5, 0.6) is 0 Å². The third kappa shape index (κ3) is 4.83. The Morgan fingerprint density at radius 2 is 1.50 bits per heavy atom. The highest BCUT2D eigenvalue weighted by molar-refractivity contribution is 5.48. The summed E-state index contributed by atoms with van der Waals surface area (Å²) in [5, 5.41) is 3.47. The van der Waals surface area contributed by atoms with E-state index in [9.17, 15) is 0 Å². The second-order valence-electron chi connectivity index (χ2n) is 6.95. The van der Waals surface area contributed by atoms with Crippen molar-refractivity contribution in [3.05, 3.63) is 65.7 Å². The molecule has 1 aliphatic heterocycles. The highest BCUT2D eigenvalue weighted by atomic mass is 15.3. The maximum Gasteiger partial charge on any atom is 0.0367 e. The van der Waals surface area contributed by atoms with Crippen molar-refractivity contribution in [1.29, 1.82) is 0 Å². The van der Waals surface area contributed by atoms with Crippen LogP contribution in [-0.4, -0.2) is 37.1 Å². The molecule has 0 radical (unpaired) electrons. The van der Waals surface area contributed by atoms with E-state index in [1.165, 1.54) is 16.8 Å². The first kappa shape index (κ1) is 17.0. The van der Waals surface area contributed by atoms with Crippen LogP contribution in [0.2, 0.25) is 0 Å². The Balaban J connectivity index is 1.49. The van der Waals surface area contributed by atoms with Gasteiger partial charge >= 0.3 is 0 Å². The number of piperazine rings is 1. The Morgan fingerprint density at radius 1 is 0.833 bits per heavy atom. The highest BCUT2D eigenvalue weighted by Gasteiger charge is 2.17. The number of hydrogen-bond acceptors (Lipinski definition) is 3. The Hall–Kier alpha value is -1.84. The van der Waals surface area contributed by atoms with Gasteiger partial charge in [-0.1, -0.05) is 56.3 Å². The first-order valence-electron chi connectivity index (χ1n) is 9.04. The molecular weight excluding hydrogens is 294 g/mol. The molecule has 0 unspecified atom stereocenters. The van der Waals surface area contributed by atoms with E-state index < -0.39 is 0 Å². The highest BCUT2D eigenvalue weighted by Crippen LogP contribution is 2.18. The van der Waals surface area contributed by atoms with Crippen LogP contribution < -0.4 is 10.2 Å². The first-order valence-corrected chi connectivity index (χ1v) is 9.04. The van der Waals surface area contributed by atoms with Gasteiger partial charge in [-0.15, -0.1) is 0 Å². The molecule has 0 saturated carbocycles. The van der Waals surface area contributed by atoms with E-state index in [4.69, 9.17) is 0 Å². The lowest BCUT2D eigenvalue weighted by atomic mass is 10.1. The van der Waals surface area contributed by atoms with Crippen LogP contribution in [0.3, 0.4) is 0 Å². The topological polar surface area (TPSA) is 18.5 Å². The van der Waals surface area contributed by atoms with Crippen molar-refractivity contribution in [3.63, 3.8) is 0 Å². The third-order valence-electron chi connectivity index (χ3n) is 4.64. The van der Waals surface area contributed by atoms with E-state index in [1.54, 1.807) is 0 Å². The average molecular weight is 323 g/mol. The minimum atomic E-state index is 0.530. The molecule has 0 amide bonds. The maximum atomic E-state index is 3.47. The van der Waals surface area contributed by atoms with Crippen LogP contribution >= 0.6 is 0 Å². The van der Waals surface area contributed by atoms with E-state index in [0.29, 0.717) is 6.04 Å². The fourth-order valence-electron chi connectivity index (χ4n) is 3.15. The third-order valence-corrected chi connectivity index (χ3v) is 4.64. The summed E-state index contributed by atoms with van der Waals surface area (Å²) in [7, 11) is 0. The van der Waals surface area contributed by atoms with Gasteiger partial charge in [0.1, 0.15) is 0 Å². The van der Waals surface area contributed by atoms with Crippen molar-refractivity contribution < 1.29 is 0 Å². The molecule has 1 aliphatic rings. The van der Waals surface area contributed by atoms with Gasteiger partial charge in [-0.2, -0.15) is 0 Å². The second-order valence-corrected chi connectivity index (χ2v) is 6.95. The van der Waals surface area contributed by atoms with Crippen molar-refractivity contribution in [2.24, 2.45) is 0 Å². The molecule has 1 N–H and O–H groups in total. The van der Waals surface area contributed by atoms with Crippen molar-refractivity contribution >= 4 is 5.69 Å². The van der Waals surface area contributed by atoms with E-state index in [2.05, 4.69) is 83.6 Å². The normalized spacial score (nSPS) is 15.9. The summed E-state index contributed by atoms with van der Waals surface area (Å²) < 4.78 is 0. The lowest BCUT2D eigenvalue weighted by molar-refractivity contribution is 0.250. The van der Waals surface area contributed by atoms with E-state index in [-0.39, 0.29) is 0 Å². The van der Waals surface area contributed by atoms with E-state index in [1.807, 2.05) is 0 Å². The molecule has 1 heterocycles. The molecule has 0 atom stereocenters. The van der Waals surface area contributed by atoms with Crippen molar-refractivity contribution in [1.82, 2.24) is 10.2 Å². The number of nitrogens with zero attached hydrogens (tertiary/aromatic N) is 2. The molecule has 1 saturated heterocycles. The van der Waals surface area contributed by atoms with Crippen LogP contribution in [0.15, 0.2) is 54.6 Å². The Bertz CT molecular complexity index is 599. The van der Waals surface area contributed by atoms with Gasteiger partial charge < -0.3 is 10.2 Å². The zero-order valence-corrected chi connectivity index (χ0v) is 14.9. The van der Waals surface area contributed by atoms with Crippen molar-refractivity contribution in [3.8, 4) is 0 Å². The Labute approximate surface area is 146 Å².